The van der Waals surface area contributed by atoms with Gasteiger partial charge in [-0.2, -0.15) is 0 Å². The summed E-state index contributed by atoms with van der Waals surface area (Å²) in [5.41, 5.74) is 3.59. The summed E-state index contributed by atoms with van der Waals surface area (Å²) in [5.74, 6) is 1.41. The van der Waals surface area contributed by atoms with Gasteiger partial charge in [0.05, 0.1) is 5.88 Å². The second kappa shape index (κ2) is 4.48. The molecule has 1 aliphatic rings. The number of imidazole rings is 1. The van der Waals surface area contributed by atoms with Crippen LogP contribution in [-0.4, -0.2) is 14.5 Å². The number of aromatic nitrogens is 3. The van der Waals surface area contributed by atoms with Crippen LogP contribution in [0.1, 0.15) is 50.5 Å². The van der Waals surface area contributed by atoms with Gasteiger partial charge in [-0.25, -0.2) is 9.97 Å². The molecule has 3 rings (SSSR count). The lowest BCUT2D eigenvalue weighted by Crippen LogP contribution is -2.12. The van der Waals surface area contributed by atoms with Crippen LogP contribution in [0.15, 0.2) is 12.3 Å². The van der Waals surface area contributed by atoms with Crippen LogP contribution in [0.2, 0.25) is 0 Å². The topological polar surface area (TPSA) is 30.7 Å². The molecule has 3 nitrogen and oxygen atoms in total. The van der Waals surface area contributed by atoms with Gasteiger partial charge in [-0.05, 0) is 43.2 Å². The van der Waals surface area contributed by atoms with E-state index >= 15 is 0 Å². The quantitative estimate of drug-likeness (QED) is 0.769. The first kappa shape index (κ1) is 12.9. The Morgan fingerprint density at radius 1 is 1.47 bits per heavy atom. The second-order valence-electron chi connectivity index (χ2n) is 6.39. The summed E-state index contributed by atoms with van der Waals surface area (Å²) in [6.45, 7) is 6.76. The smallest absolute Gasteiger partial charge is 0.160 e. The van der Waals surface area contributed by atoms with E-state index in [9.17, 15) is 0 Å². The zero-order valence-corrected chi connectivity index (χ0v) is 12.5. The lowest BCUT2D eigenvalue weighted by atomic mass is 9.92. The number of hydrogen-bond donors (Lipinski definition) is 0. The highest BCUT2D eigenvalue weighted by Crippen LogP contribution is 2.44. The highest BCUT2D eigenvalue weighted by Gasteiger charge is 2.34. The first-order chi connectivity index (χ1) is 9.02. The molecule has 0 spiro atoms. The van der Waals surface area contributed by atoms with E-state index in [4.69, 9.17) is 16.6 Å². The Morgan fingerprint density at radius 3 is 2.89 bits per heavy atom. The van der Waals surface area contributed by atoms with Crippen molar-refractivity contribution in [2.24, 2.45) is 5.41 Å². The summed E-state index contributed by atoms with van der Waals surface area (Å²) in [7, 11) is 0. The fraction of sp³-hybridized carbons (Fsp3) is 0.600. The maximum absolute atomic E-state index is 6.09. The molecular weight excluding hydrogens is 258 g/mol. The summed E-state index contributed by atoms with van der Waals surface area (Å²) in [6.07, 6.45) is 5.49. The maximum Gasteiger partial charge on any atom is 0.160 e. The monoisotopic (exact) mass is 277 g/mol. The number of alkyl halides is 1. The van der Waals surface area contributed by atoms with Crippen molar-refractivity contribution in [3.63, 3.8) is 0 Å². The molecule has 1 unspecified atom stereocenters. The van der Waals surface area contributed by atoms with Crippen molar-refractivity contribution in [2.45, 2.75) is 52.0 Å². The number of hydrogen-bond acceptors (Lipinski definition) is 2. The van der Waals surface area contributed by atoms with Gasteiger partial charge in [0, 0.05) is 12.2 Å². The van der Waals surface area contributed by atoms with Crippen molar-refractivity contribution < 1.29 is 0 Å². The van der Waals surface area contributed by atoms with Crippen LogP contribution in [0.4, 0.5) is 0 Å². The Morgan fingerprint density at radius 2 is 2.26 bits per heavy atom. The van der Waals surface area contributed by atoms with Crippen molar-refractivity contribution in [2.75, 3.05) is 0 Å². The van der Waals surface area contributed by atoms with Crippen molar-refractivity contribution in [1.29, 1.82) is 0 Å². The Bertz CT molecular complexity index is 615. The van der Waals surface area contributed by atoms with E-state index < -0.39 is 0 Å². The molecular formula is C15H20ClN3. The summed E-state index contributed by atoms with van der Waals surface area (Å²) in [6, 6.07) is 2.50. The molecule has 0 aromatic carbocycles. The van der Waals surface area contributed by atoms with Crippen molar-refractivity contribution in [3.05, 3.63) is 23.7 Å². The molecule has 19 heavy (non-hydrogen) atoms. The molecule has 2 aromatic rings. The van der Waals surface area contributed by atoms with Crippen LogP contribution in [0, 0.1) is 12.3 Å². The minimum Gasteiger partial charge on any atom is -0.309 e. The second-order valence-corrected chi connectivity index (χ2v) is 6.66. The molecule has 2 aromatic heterocycles. The highest BCUT2D eigenvalue weighted by molar-refractivity contribution is 6.16. The van der Waals surface area contributed by atoms with Crippen LogP contribution in [0.3, 0.4) is 0 Å². The molecule has 0 radical (unpaired) electrons. The zero-order valence-electron chi connectivity index (χ0n) is 11.8. The van der Waals surface area contributed by atoms with Gasteiger partial charge in [-0.1, -0.05) is 13.8 Å². The highest BCUT2D eigenvalue weighted by atomic mass is 35.5. The van der Waals surface area contributed by atoms with Crippen LogP contribution >= 0.6 is 11.6 Å². The first-order valence-corrected chi connectivity index (χ1v) is 7.44. The Balaban J connectivity index is 2.14. The predicted molar refractivity (Wildman–Crippen MR) is 78.5 cm³/mol. The number of halogens is 1. The van der Waals surface area contributed by atoms with E-state index in [0.29, 0.717) is 17.3 Å². The molecule has 1 fully saturated rings. The number of pyridine rings is 1. The largest absolute Gasteiger partial charge is 0.309 e. The molecule has 2 heterocycles. The first-order valence-electron chi connectivity index (χ1n) is 6.90. The molecule has 0 amide bonds. The Kier molecular flexibility index (Phi) is 3.05. The third kappa shape index (κ3) is 2.14. The average Bonchev–Trinajstić information content (AvgIpc) is 2.90. The summed E-state index contributed by atoms with van der Waals surface area (Å²) in [5, 5.41) is 0. The van der Waals surface area contributed by atoms with Gasteiger partial charge >= 0.3 is 0 Å². The van der Waals surface area contributed by atoms with Crippen LogP contribution < -0.4 is 0 Å². The van der Waals surface area contributed by atoms with Gasteiger partial charge < -0.3 is 4.57 Å². The third-order valence-electron chi connectivity index (χ3n) is 4.28. The van der Waals surface area contributed by atoms with E-state index in [-0.39, 0.29) is 0 Å². The summed E-state index contributed by atoms with van der Waals surface area (Å²) < 4.78 is 2.28. The Hall–Kier alpha value is -1.09. The van der Waals surface area contributed by atoms with Crippen molar-refractivity contribution in [3.8, 4) is 0 Å². The molecule has 1 atom stereocenters. The Labute approximate surface area is 119 Å². The summed E-state index contributed by atoms with van der Waals surface area (Å²) >= 11 is 6.09. The van der Waals surface area contributed by atoms with Gasteiger partial charge in [-0.3, -0.25) is 0 Å². The number of nitrogens with zero attached hydrogens (tertiary/aromatic N) is 3. The van der Waals surface area contributed by atoms with E-state index in [2.05, 4.69) is 30.3 Å². The van der Waals surface area contributed by atoms with Gasteiger partial charge in [0.1, 0.15) is 11.3 Å². The van der Waals surface area contributed by atoms with E-state index in [1.807, 2.05) is 12.3 Å². The fourth-order valence-electron chi connectivity index (χ4n) is 3.25. The molecule has 102 valence electrons. The maximum atomic E-state index is 6.09. The molecule has 0 aliphatic heterocycles. The van der Waals surface area contributed by atoms with Crippen molar-refractivity contribution >= 4 is 22.8 Å². The zero-order chi connectivity index (χ0) is 13.6. The fourth-order valence-corrected chi connectivity index (χ4v) is 3.44. The minimum atomic E-state index is 0.411. The number of rotatable bonds is 2. The molecule has 0 bridgehead atoms. The van der Waals surface area contributed by atoms with Crippen LogP contribution in [-0.2, 0) is 5.88 Å². The molecule has 1 saturated carbocycles. The predicted octanol–water partition coefficient (Wildman–Crippen LogP) is 4.23. The van der Waals surface area contributed by atoms with Crippen LogP contribution in [0.5, 0.6) is 0 Å². The third-order valence-corrected chi connectivity index (χ3v) is 4.52. The normalized spacial score (nSPS) is 22.2. The van der Waals surface area contributed by atoms with Gasteiger partial charge in [-0.15, -0.1) is 11.6 Å². The molecule has 0 saturated heterocycles. The van der Waals surface area contributed by atoms with Gasteiger partial charge in [0.2, 0.25) is 0 Å². The average molecular weight is 278 g/mol. The van der Waals surface area contributed by atoms with E-state index in [1.165, 1.54) is 24.8 Å². The SMILES string of the molecule is Cc1ccnc2c1nc(CCl)n2C1CCC(C)(C)C1. The molecule has 0 N–H and O–H groups in total. The lowest BCUT2D eigenvalue weighted by Gasteiger charge is -2.19. The number of fused-ring (bicyclic) bond motifs is 1. The van der Waals surface area contributed by atoms with E-state index in [0.717, 1.165) is 17.0 Å². The number of aryl methyl sites for hydroxylation is 1. The van der Waals surface area contributed by atoms with Gasteiger partial charge in [0.15, 0.2) is 5.65 Å². The molecule has 1 aliphatic carbocycles. The standard InChI is InChI=1S/C15H20ClN3/c1-10-5-7-17-14-13(10)18-12(9-16)19(14)11-4-6-15(2,3)8-11/h5,7,11H,4,6,8-9H2,1-3H3. The van der Waals surface area contributed by atoms with Crippen LogP contribution in [0.25, 0.3) is 11.2 Å². The van der Waals surface area contributed by atoms with E-state index in [1.54, 1.807) is 0 Å². The summed E-state index contributed by atoms with van der Waals surface area (Å²) in [4.78, 5) is 9.24. The molecule has 4 heteroatoms. The minimum absolute atomic E-state index is 0.411. The van der Waals surface area contributed by atoms with Crippen molar-refractivity contribution in [1.82, 2.24) is 14.5 Å². The van der Waals surface area contributed by atoms with Gasteiger partial charge in [0.25, 0.3) is 0 Å². The lowest BCUT2D eigenvalue weighted by molar-refractivity contribution is 0.359.